The third-order valence-electron chi connectivity index (χ3n) is 4.13. The van der Waals surface area contributed by atoms with E-state index in [1.807, 2.05) is 19.9 Å². The summed E-state index contributed by atoms with van der Waals surface area (Å²) in [5.74, 6) is -0.826. The Morgan fingerprint density at radius 1 is 1.15 bits per heavy atom. The highest BCUT2D eigenvalue weighted by molar-refractivity contribution is 5.76. The zero-order valence-electron chi connectivity index (χ0n) is 15.4. The number of aliphatic carboxylic acids is 1. The average Bonchev–Trinajstić information content (AvgIpc) is 2.60. The van der Waals surface area contributed by atoms with E-state index in [9.17, 15) is 14.0 Å². The highest BCUT2D eigenvalue weighted by atomic mass is 19.1. The van der Waals surface area contributed by atoms with Crippen LogP contribution in [0.15, 0.2) is 48.5 Å². The molecule has 0 fully saturated rings. The minimum absolute atomic E-state index is 0.0717. The van der Waals surface area contributed by atoms with E-state index in [2.05, 4.69) is 5.32 Å². The monoisotopic (exact) mass is 373 g/mol. The molecule has 0 saturated carbocycles. The number of benzene rings is 2. The first-order chi connectivity index (χ1) is 12.8. The summed E-state index contributed by atoms with van der Waals surface area (Å²) in [6, 6.07) is 13.2. The molecule has 0 bridgehead atoms. The molecule has 0 aliphatic heterocycles. The molecule has 0 radical (unpaired) electrons. The van der Waals surface area contributed by atoms with Crippen LogP contribution in [0.2, 0.25) is 0 Å². The molecule has 0 aliphatic carbocycles. The van der Waals surface area contributed by atoms with Gasteiger partial charge in [-0.15, -0.1) is 0 Å². The molecule has 6 heteroatoms. The zero-order valence-corrected chi connectivity index (χ0v) is 15.4. The first-order valence-electron chi connectivity index (χ1n) is 8.82. The van der Waals surface area contributed by atoms with Gasteiger partial charge < -0.3 is 15.2 Å². The van der Waals surface area contributed by atoms with Gasteiger partial charge in [0.1, 0.15) is 11.6 Å². The minimum Gasteiger partial charge on any atom is -0.482 e. The summed E-state index contributed by atoms with van der Waals surface area (Å²) in [5.41, 5.74) is 1.77. The number of carbonyl (C=O) groups is 2. The van der Waals surface area contributed by atoms with E-state index in [1.54, 1.807) is 30.3 Å². The van der Waals surface area contributed by atoms with Crippen LogP contribution < -0.4 is 10.1 Å². The Bertz CT molecular complexity index is 776. The molecule has 2 aromatic carbocycles. The maximum Gasteiger partial charge on any atom is 0.341 e. The van der Waals surface area contributed by atoms with Crippen LogP contribution in [0, 0.1) is 11.7 Å². The fourth-order valence-electron chi connectivity index (χ4n) is 2.84. The Balaban J connectivity index is 1.82. The highest BCUT2D eigenvalue weighted by Gasteiger charge is 2.14. The Hall–Kier alpha value is -2.89. The van der Waals surface area contributed by atoms with Crippen molar-refractivity contribution in [2.24, 2.45) is 5.92 Å². The third kappa shape index (κ3) is 7.09. The van der Waals surface area contributed by atoms with Crippen LogP contribution in [0.5, 0.6) is 5.75 Å². The molecule has 2 rings (SSSR count). The summed E-state index contributed by atoms with van der Waals surface area (Å²) in [6.07, 6.45) is 0.982. The number of nitrogens with one attached hydrogen (secondary N) is 1. The SMILES string of the molecule is CC(CC(=O)NC(C)c1ccc(OCC(=O)O)cc1)Cc1cccc(F)c1. The summed E-state index contributed by atoms with van der Waals surface area (Å²) in [5, 5.41) is 11.6. The third-order valence-corrected chi connectivity index (χ3v) is 4.13. The van der Waals surface area contributed by atoms with Crippen molar-refractivity contribution in [3.05, 3.63) is 65.5 Å². The largest absolute Gasteiger partial charge is 0.482 e. The molecule has 0 aromatic heterocycles. The van der Waals surface area contributed by atoms with E-state index in [4.69, 9.17) is 9.84 Å². The summed E-state index contributed by atoms with van der Waals surface area (Å²) in [7, 11) is 0. The van der Waals surface area contributed by atoms with Crippen molar-refractivity contribution < 1.29 is 23.8 Å². The molecule has 0 spiro atoms. The van der Waals surface area contributed by atoms with Crippen LogP contribution in [0.4, 0.5) is 4.39 Å². The maximum absolute atomic E-state index is 13.2. The van der Waals surface area contributed by atoms with E-state index in [0.29, 0.717) is 18.6 Å². The van der Waals surface area contributed by atoms with Crippen LogP contribution in [-0.4, -0.2) is 23.6 Å². The van der Waals surface area contributed by atoms with E-state index >= 15 is 0 Å². The lowest BCUT2D eigenvalue weighted by Gasteiger charge is -2.17. The van der Waals surface area contributed by atoms with E-state index < -0.39 is 12.6 Å². The smallest absolute Gasteiger partial charge is 0.341 e. The topological polar surface area (TPSA) is 75.6 Å². The summed E-state index contributed by atoms with van der Waals surface area (Å²) in [4.78, 5) is 22.8. The van der Waals surface area contributed by atoms with Crippen molar-refractivity contribution in [1.29, 1.82) is 0 Å². The number of hydrogen-bond donors (Lipinski definition) is 2. The van der Waals surface area contributed by atoms with Crippen LogP contribution in [-0.2, 0) is 16.0 Å². The quantitative estimate of drug-likeness (QED) is 0.702. The van der Waals surface area contributed by atoms with Gasteiger partial charge in [0.15, 0.2) is 6.61 Å². The van der Waals surface area contributed by atoms with Crippen molar-refractivity contribution in [2.75, 3.05) is 6.61 Å². The molecule has 0 saturated heterocycles. The predicted molar refractivity (Wildman–Crippen MR) is 100 cm³/mol. The van der Waals surface area contributed by atoms with Gasteiger partial charge in [-0.2, -0.15) is 0 Å². The summed E-state index contributed by atoms with van der Waals surface area (Å²) < 4.78 is 18.3. The first kappa shape index (κ1) is 20.4. The maximum atomic E-state index is 13.2. The Kier molecular flexibility index (Phi) is 7.34. The van der Waals surface area contributed by atoms with Gasteiger partial charge in [0, 0.05) is 6.42 Å². The number of halogens is 1. The number of hydrogen-bond acceptors (Lipinski definition) is 3. The van der Waals surface area contributed by atoms with Gasteiger partial charge in [-0.3, -0.25) is 4.79 Å². The lowest BCUT2D eigenvalue weighted by Crippen LogP contribution is -2.28. The van der Waals surface area contributed by atoms with Crippen molar-refractivity contribution in [3.8, 4) is 5.75 Å². The molecule has 2 atom stereocenters. The lowest BCUT2D eigenvalue weighted by molar-refractivity contribution is -0.139. The summed E-state index contributed by atoms with van der Waals surface area (Å²) >= 11 is 0. The fourth-order valence-corrected chi connectivity index (χ4v) is 2.84. The zero-order chi connectivity index (χ0) is 19.8. The molecular weight excluding hydrogens is 349 g/mol. The second kappa shape index (κ2) is 9.71. The summed E-state index contributed by atoms with van der Waals surface area (Å²) in [6.45, 7) is 3.45. The van der Waals surface area contributed by atoms with E-state index in [0.717, 1.165) is 11.1 Å². The van der Waals surface area contributed by atoms with Gasteiger partial charge in [0.05, 0.1) is 6.04 Å². The Morgan fingerprint density at radius 2 is 1.85 bits per heavy atom. The number of carboxylic acid groups (broad SMARTS) is 1. The van der Waals surface area contributed by atoms with Crippen molar-refractivity contribution in [1.82, 2.24) is 5.32 Å². The van der Waals surface area contributed by atoms with Gasteiger partial charge in [-0.05, 0) is 54.7 Å². The van der Waals surface area contributed by atoms with Gasteiger partial charge >= 0.3 is 5.97 Å². The number of amides is 1. The predicted octanol–water partition coefficient (Wildman–Crippen LogP) is 3.74. The molecule has 0 aliphatic rings. The second-order valence-corrected chi connectivity index (χ2v) is 6.68. The fraction of sp³-hybridized carbons (Fsp3) is 0.333. The van der Waals surface area contributed by atoms with Gasteiger partial charge in [-0.25, -0.2) is 9.18 Å². The Labute approximate surface area is 158 Å². The molecule has 2 N–H and O–H groups in total. The number of ether oxygens (including phenoxy) is 1. The van der Waals surface area contributed by atoms with Crippen LogP contribution in [0.3, 0.4) is 0 Å². The van der Waals surface area contributed by atoms with Crippen LogP contribution in [0.25, 0.3) is 0 Å². The van der Waals surface area contributed by atoms with Crippen molar-refractivity contribution in [2.45, 2.75) is 32.7 Å². The van der Waals surface area contributed by atoms with Gasteiger partial charge in [0.25, 0.3) is 0 Å². The lowest BCUT2D eigenvalue weighted by atomic mass is 9.97. The number of rotatable bonds is 9. The van der Waals surface area contributed by atoms with Gasteiger partial charge in [0.2, 0.25) is 5.91 Å². The number of carbonyl (C=O) groups excluding carboxylic acids is 1. The first-order valence-corrected chi connectivity index (χ1v) is 8.82. The number of carboxylic acids is 1. The molecule has 144 valence electrons. The second-order valence-electron chi connectivity index (χ2n) is 6.68. The highest BCUT2D eigenvalue weighted by Crippen LogP contribution is 2.19. The van der Waals surface area contributed by atoms with Gasteiger partial charge in [-0.1, -0.05) is 31.2 Å². The molecular formula is C21H24FNO4. The Morgan fingerprint density at radius 3 is 2.48 bits per heavy atom. The standard InChI is InChI=1S/C21H24FNO4/c1-14(10-16-4-3-5-18(22)12-16)11-20(24)23-15(2)17-6-8-19(9-7-17)27-13-21(25)26/h3-9,12,14-15H,10-11,13H2,1-2H3,(H,23,24)(H,25,26). The molecule has 27 heavy (non-hydrogen) atoms. The normalized spacial score (nSPS) is 12.9. The average molecular weight is 373 g/mol. The van der Waals surface area contributed by atoms with Crippen molar-refractivity contribution in [3.63, 3.8) is 0 Å². The molecule has 2 aromatic rings. The van der Waals surface area contributed by atoms with Crippen LogP contribution in [0.1, 0.15) is 37.4 Å². The molecule has 5 nitrogen and oxygen atoms in total. The molecule has 2 unspecified atom stereocenters. The van der Waals surface area contributed by atoms with E-state index in [1.165, 1.54) is 12.1 Å². The molecule has 0 heterocycles. The van der Waals surface area contributed by atoms with E-state index in [-0.39, 0.29) is 23.7 Å². The molecule has 1 amide bonds. The van der Waals surface area contributed by atoms with Crippen molar-refractivity contribution >= 4 is 11.9 Å². The van der Waals surface area contributed by atoms with Crippen LogP contribution >= 0.6 is 0 Å². The minimum atomic E-state index is -1.04.